The van der Waals surface area contributed by atoms with E-state index < -0.39 is 47.6 Å². The number of hydrogen-bond acceptors (Lipinski definition) is 9. The van der Waals surface area contributed by atoms with Gasteiger partial charge in [-0.05, 0) is 49.4 Å². The van der Waals surface area contributed by atoms with Gasteiger partial charge in [0.05, 0.1) is 11.1 Å². The van der Waals surface area contributed by atoms with E-state index in [2.05, 4.69) is 10.3 Å². The predicted molar refractivity (Wildman–Crippen MR) is 150 cm³/mol. The zero-order chi connectivity index (χ0) is 29.7. The zero-order valence-electron chi connectivity index (χ0n) is 22.5. The smallest absolute Gasteiger partial charge is 0.351 e. The van der Waals surface area contributed by atoms with Crippen LogP contribution in [-0.4, -0.2) is 56.9 Å². The number of benzene rings is 3. The predicted octanol–water partition coefficient (Wildman–Crippen LogP) is 3.23. The van der Waals surface area contributed by atoms with Crippen molar-refractivity contribution in [1.29, 1.82) is 0 Å². The Balaban J connectivity index is 1.39. The van der Waals surface area contributed by atoms with Crippen molar-refractivity contribution in [3.05, 3.63) is 130 Å². The summed E-state index contributed by atoms with van der Waals surface area (Å²) in [6.07, 6.45) is -2.58. The number of nitrogens with zero attached hydrogens (tertiary/aromatic N) is 2. The molecule has 4 aromatic rings. The summed E-state index contributed by atoms with van der Waals surface area (Å²) in [5.41, 5.74) is -1.91. The van der Waals surface area contributed by atoms with Gasteiger partial charge in [0.25, 0.3) is 5.91 Å². The summed E-state index contributed by atoms with van der Waals surface area (Å²) < 4.78 is 18.1. The molecule has 0 radical (unpaired) electrons. The highest BCUT2D eigenvalue weighted by Crippen LogP contribution is 2.40. The SMILES string of the molecule is CC1(O)C(OC(=O)c2ccccc2)C(COC(=O)c2ccccc2)OC1n1ccc(NC(=O)c2ccccc2)nc1=O. The van der Waals surface area contributed by atoms with Gasteiger partial charge < -0.3 is 24.6 Å². The molecule has 214 valence electrons. The molecule has 0 bridgehead atoms. The summed E-state index contributed by atoms with van der Waals surface area (Å²) in [5.74, 6) is -1.86. The van der Waals surface area contributed by atoms with Gasteiger partial charge in [0.2, 0.25) is 0 Å². The fraction of sp³-hybridized carbons (Fsp3) is 0.194. The molecular formula is C31H27N3O8. The van der Waals surface area contributed by atoms with Gasteiger partial charge in [0.15, 0.2) is 12.3 Å². The maximum Gasteiger partial charge on any atom is 0.351 e. The van der Waals surface area contributed by atoms with Crippen molar-refractivity contribution in [2.24, 2.45) is 0 Å². The van der Waals surface area contributed by atoms with E-state index in [0.29, 0.717) is 11.1 Å². The molecule has 5 rings (SSSR count). The summed E-state index contributed by atoms with van der Waals surface area (Å²) in [4.78, 5) is 55.0. The molecule has 3 aromatic carbocycles. The normalized spacial score (nSPS) is 21.3. The van der Waals surface area contributed by atoms with Crippen LogP contribution in [0, 0.1) is 0 Å². The zero-order valence-corrected chi connectivity index (χ0v) is 22.5. The lowest BCUT2D eigenvalue weighted by Gasteiger charge is -2.30. The number of anilines is 1. The third-order valence-electron chi connectivity index (χ3n) is 6.71. The number of aromatic nitrogens is 2. The average Bonchev–Trinajstić information content (AvgIpc) is 3.25. The van der Waals surface area contributed by atoms with Crippen LogP contribution < -0.4 is 11.0 Å². The first-order valence-corrected chi connectivity index (χ1v) is 13.1. The van der Waals surface area contributed by atoms with E-state index in [1.807, 2.05) is 0 Å². The third-order valence-corrected chi connectivity index (χ3v) is 6.71. The van der Waals surface area contributed by atoms with Crippen LogP contribution in [0.1, 0.15) is 44.2 Å². The van der Waals surface area contributed by atoms with Gasteiger partial charge in [-0.2, -0.15) is 4.98 Å². The molecule has 0 saturated carbocycles. The molecule has 42 heavy (non-hydrogen) atoms. The highest BCUT2D eigenvalue weighted by molar-refractivity contribution is 6.03. The van der Waals surface area contributed by atoms with Crippen LogP contribution in [0.3, 0.4) is 0 Å². The molecule has 2 N–H and O–H groups in total. The number of rotatable bonds is 8. The Labute approximate surface area is 240 Å². The Kier molecular flexibility index (Phi) is 8.23. The fourth-order valence-corrected chi connectivity index (χ4v) is 4.57. The quantitative estimate of drug-likeness (QED) is 0.305. The summed E-state index contributed by atoms with van der Waals surface area (Å²) >= 11 is 0. The van der Waals surface area contributed by atoms with Crippen LogP contribution in [-0.2, 0) is 14.2 Å². The van der Waals surface area contributed by atoms with Crippen LogP contribution in [0.25, 0.3) is 0 Å². The lowest BCUT2D eigenvalue weighted by atomic mass is 9.96. The molecule has 0 aliphatic carbocycles. The second-order valence-electron chi connectivity index (χ2n) is 9.73. The van der Waals surface area contributed by atoms with Gasteiger partial charge in [-0.15, -0.1) is 0 Å². The fourth-order valence-electron chi connectivity index (χ4n) is 4.57. The van der Waals surface area contributed by atoms with Gasteiger partial charge in [0, 0.05) is 11.8 Å². The van der Waals surface area contributed by atoms with Gasteiger partial charge in [-0.1, -0.05) is 54.6 Å². The van der Waals surface area contributed by atoms with Gasteiger partial charge in [-0.3, -0.25) is 9.36 Å². The van der Waals surface area contributed by atoms with Crippen molar-refractivity contribution in [2.45, 2.75) is 31.0 Å². The molecular weight excluding hydrogens is 542 g/mol. The second kappa shape index (κ2) is 12.2. The Morgan fingerprint density at radius 1 is 0.881 bits per heavy atom. The molecule has 1 fully saturated rings. The second-order valence-corrected chi connectivity index (χ2v) is 9.73. The standard InChI is InChI=1S/C31H27N3O8/c1-31(39)25(42-28(37)22-15-9-4-10-16-22)23(19-40-27(36)21-13-7-3-8-14-21)41-29(31)34-18-17-24(33-30(34)38)32-26(35)20-11-5-2-6-12-20/h2-18,23,25,29,39H,19H2,1H3,(H,32,33,35,38). The van der Waals surface area contributed by atoms with Gasteiger partial charge >= 0.3 is 17.6 Å². The van der Waals surface area contributed by atoms with Crippen LogP contribution in [0.4, 0.5) is 5.82 Å². The van der Waals surface area contributed by atoms with E-state index in [1.165, 1.54) is 19.2 Å². The van der Waals surface area contributed by atoms with E-state index in [4.69, 9.17) is 14.2 Å². The topological polar surface area (TPSA) is 146 Å². The minimum atomic E-state index is -1.96. The molecule has 4 atom stereocenters. The Morgan fingerprint density at radius 3 is 2.00 bits per heavy atom. The van der Waals surface area contributed by atoms with Crippen LogP contribution >= 0.6 is 0 Å². The van der Waals surface area contributed by atoms with Crippen LogP contribution in [0.5, 0.6) is 0 Å². The number of nitrogens with one attached hydrogen (secondary N) is 1. The van der Waals surface area contributed by atoms with Crippen molar-refractivity contribution in [1.82, 2.24) is 9.55 Å². The summed E-state index contributed by atoms with van der Waals surface area (Å²) in [6.45, 7) is 0.956. The number of amides is 1. The van der Waals surface area contributed by atoms with E-state index in [1.54, 1.807) is 91.0 Å². The number of carbonyl (C=O) groups is 3. The Bertz CT molecular complexity index is 1620. The highest BCUT2D eigenvalue weighted by atomic mass is 16.6. The molecule has 11 heteroatoms. The van der Waals surface area contributed by atoms with Crippen molar-refractivity contribution in [3.63, 3.8) is 0 Å². The van der Waals surface area contributed by atoms with Crippen molar-refractivity contribution in [3.8, 4) is 0 Å². The van der Waals surface area contributed by atoms with E-state index in [9.17, 15) is 24.3 Å². The first-order valence-electron chi connectivity index (χ1n) is 13.1. The Morgan fingerprint density at radius 2 is 1.43 bits per heavy atom. The molecule has 11 nitrogen and oxygen atoms in total. The monoisotopic (exact) mass is 569 g/mol. The number of esters is 2. The lowest BCUT2D eigenvalue weighted by molar-refractivity contribution is -0.101. The minimum Gasteiger partial charge on any atom is -0.459 e. The largest absolute Gasteiger partial charge is 0.459 e. The van der Waals surface area contributed by atoms with Crippen molar-refractivity contribution in [2.75, 3.05) is 11.9 Å². The van der Waals surface area contributed by atoms with Gasteiger partial charge in [0.1, 0.15) is 24.1 Å². The van der Waals surface area contributed by atoms with E-state index in [0.717, 1.165) is 4.57 Å². The number of aliphatic hydroxyl groups is 1. The van der Waals surface area contributed by atoms with Crippen LogP contribution in [0.2, 0.25) is 0 Å². The maximum atomic E-state index is 13.1. The molecule has 1 saturated heterocycles. The Hall–Kier alpha value is -5.13. The molecule has 2 heterocycles. The first kappa shape index (κ1) is 28.4. The lowest BCUT2D eigenvalue weighted by Crippen LogP contribution is -2.48. The average molecular weight is 570 g/mol. The third kappa shape index (κ3) is 6.12. The molecule has 0 spiro atoms. The summed E-state index contributed by atoms with van der Waals surface area (Å²) in [7, 11) is 0. The van der Waals surface area contributed by atoms with Gasteiger partial charge in [-0.25, -0.2) is 14.4 Å². The van der Waals surface area contributed by atoms with E-state index >= 15 is 0 Å². The summed E-state index contributed by atoms with van der Waals surface area (Å²) in [5, 5.41) is 14.2. The summed E-state index contributed by atoms with van der Waals surface area (Å²) in [6, 6.07) is 26.2. The number of ether oxygens (including phenoxy) is 3. The molecule has 4 unspecified atom stereocenters. The molecule has 1 aliphatic rings. The molecule has 1 aromatic heterocycles. The minimum absolute atomic E-state index is 0.0110. The van der Waals surface area contributed by atoms with Crippen molar-refractivity contribution >= 4 is 23.7 Å². The van der Waals surface area contributed by atoms with Crippen LogP contribution in [0.15, 0.2) is 108 Å². The van der Waals surface area contributed by atoms with E-state index in [-0.39, 0.29) is 18.0 Å². The number of carbonyl (C=O) groups excluding carboxylic acids is 3. The maximum absolute atomic E-state index is 13.1. The number of hydrogen-bond donors (Lipinski definition) is 2. The van der Waals surface area contributed by atoms with Crippen molar-refractivity contribution < 1.29 is 33.7 Å². The first-order chi connectivity index (χ1) is 20.2. The molecule has 1 amide bonds. The highest BCUT2D eigenvalue weighted by Gasteiger charge is 2.57. The molecule has 1 aliphatic heterocycles.